The van der Waals surface area contributed by atoms with Gasteiger partial charge in [-0.25, -0.2) is 4.79 Å². The minimum Gasteiger partial charge on any atom is -0.369 e. The summed E-state index contributed by atoms with van der Waals surface area (Å²) in [4.78, 5) is 42.3. The molecule has 2 aliphatic rings. The summed E-state index contributed by atoms with van der Waals surface area (Å²) < 4.78 is 5.62. The second kappa shape index (κ2) is 11.1. The molecule has 2 aliphatic heterocycles. The maximum Gasteiger partial charge on any atom is 0.318 e. The molecule has 0 bridgehead atoms. The Bertz CT molecular complexity index is 951. The molecule has 2 aromatic rings. The Labute approximate surface area is 194 Å². The molecule has 2 heterocycles. The molecule has 0 radical (unpaired) electrons. The highest BCUT2D eigenvalue weighted by molar-refractivity contribution is 5.93. The van der Waals surface area contributed by atoms with Gasteiger partial charge in [0.25, 0.3) is 0 Å². The van der Waals surface area contributed by atoms with Crippen molar-refractivity contribution in [2.75, 3.05) is 19.7 Å². The van der Waals surface area contributed by atoms with Crippen molar-refractivity contribution < 1.29 is 19.1 Å². The smallest absolute Gasteiger partial charge is 0.318 e. The third-order valence-corrected chi connectivity index (χ3v) is 6.35. The van der Waals surface area contributed by atoms with Gasteiger partial charge < -0.3 is 19.9 Å². The molecule has 2 atom stereocenters. The number of Topliss-reactive ketones (excluding diaryl/α,β-unsaturated/α-hetero) is 1. The predicted octanol–water partition coefficient (Wildman–Crippen LogP) is 3.14. The molecule has 3 amide bonds. The summed E-state index contributed by atoms with van der Waals surface area (Å²) in [6.45, 7) is 1.86. The predicted molar refractivity (Wildman–Crippen MR) is 124 cm³/mol. The Morgan fingerprint density at radius 1 is 0.818 bits per heavy atom. The Kier molecular flexibility index (Phi) is 7.73. The molecule has 0 aromatic heterocycles. The number of hydrogen-bond acceptors (Lipinski definition) is 4. The molecule has 0 spiro atoms. The Hall–Kier alpha value is -3.19. The first-order chi connectivity index (χ1) is 16.1. The van der Waals surface area contributed by atoms with Gasteiger partial charge in [-0.05, 0) is 36.8 Å². The maximum atomic E-state index is 13.4. The molecule has 0 saturated carbocycles. The molecule has 33 heavy (non-hydrogen) atoms. The van der Waals surface area contributed by atoms with Crippen LogP contribution in [0.1, 0.15) is 36.8 Å². The lowest BCUT2D eigenvalue weighted by atomic mass is 10.1. The van der Waals surface area contributed by atoms with Crippen LogP contribution in [0.15, 0.2) is 60.7 Å². The monoisotopic (exact) mass is 449 g/mol. The quantitative estimate of drug-likeness (QED) is 0.672. The van der Waals surface area contributed by atoms with E-state index in [1.54, 1.807) is 9.80 Å². The Morgan fingerprint density at radius 3 is 2.12 bits per heavy atom. The largest absolute Gasteiger partial charge is 0.369 e. The lowest BCUT2D eigenvalue weighted by molar-refractivity contribution is -0.142. The molecule has 4 rings (SSSR count). The van der Waals surface area contributed by atoms with Gasteiger partial charge in [-0.3, -0.25) is 9.59 Å². The van der Waals surface area contributed by atoms with Gasteiger partial charge in [-0.1, -0.05) is 60.7 Å². The summed E-state index contributed by atoms with van der Waals surface area (Å²) in [6.07, 6.45) is 2.83. The highest BCUT2D eigenvalue weighted by Crippen LogP contribution is 2.25. The number of nitrogens with zero attached hydrogens (tertiary/aromatic N) is 2. The Morgan fingerprint density at radius 2 is 1.42 bits per heavy atom. The van der Waals surface area contributed by atoms with Crippen LogP contribution in [0.25, 0.3) is 0 Å². The van der Waals surface area contributed by atoms with Gasteiger partial charge in [-0.2, -0.15) is 0 Å². The lowest BCUT2D eigenvalue weighted by Gasteiger charge is -2.31. The number of rotatable bonds is 8. The first-order valence-electron chi connectivity index (χ1n) is 11.7. The molecule has 2 fully saturated rings. The van der Waals surface area contributed by atoms with Gasteiger partial charge in [0.1, 0.15) is 12.6 Å². The fraction of sp³-hybridized carbons (Fsp3) is 0.423. The number of amides is 3. The van der Waals surface area contributed by atoms with E-state index in [1.165, 1.54) is 0 Å². The summed E-state index contributed by atoms with van der Waals surface area (Å²) in [7, 11) is 0. The van der Waals surface area contributed by atoms with Gasteiger partial charge in [0.2, 0.25) is 5.91 Å². The van der Waals surface area contributed by atoms with Gasteiger partial charge >= 0.3 is 6.03 Å². The average Bonchev–Trinajstić information content (AvgIpc) is 3.54. The van der Waals surface area contributed by atoms with Crippen molar-refractivity contribution >= 4 is 17.7 Å². The van der Waals surface area contributed by atoms with Crippen LogP contribution < -0.4 is 5.32 Å². The van der Waals surface area contributed by atoms with Crippen molar-refractivity contribution in [1.29, 1.82) is 0 Å². The second-order valence-electron chi connectivity index (χ2n) is 8.63. The summed E-state index contributed by atoms with van der Waals surface area (Å²) in [5.74, 6) is -0.198. The number of ether oxygens (including phenoxy) is 1. The molecule has 0 unspecified atom stereocenters. The van der Waals surface area contributed by atoms with Gasteiger partial charge in [0.15, 0.2) is 5.78 Å². The van der Waals surface area contributed by atoms with Crippen LogP contribution in [0.4, 0.5) is 4.79 Å². The number of urea groups is 1. The van der Waals surface area contributed by atoms with E-state index in [0.717, 1.165) is 24.0 Å². The normalized spacial score (nSPS) is 20.1. The van der Waals surface area contributed by atoms with E-state index < -0.39 is 12.1 Å². The molecule has 2 aromatic carbocycles. The third kappa shape index (κ3) is 5.79. The Balaban J connectivity index is 1.31. The van der Waals surface area contributed by atoms with Crippen molar-refractivity contribution in [2.24, 2.45) is 0 Å². The SMILES string of the molecule is O=C(COCc1ccccc1)[C@@H]1CCCN1C(=O)[C@H]1CCCN1C(=O)NCc1ccccc1. The van der Waals surface area contributed by atoms with Crippen molar-refractivity contribution in [3.63, 3.8) is 0 Å². The minimum absolute atomic E-state index is 0.0186. The van der Waals surface area contributed by atoms with Crippen LogP contribution in [0.3, 0.4) is 0 Å². The van der Waals surface area contributed by atoms with Crippen LogP contribution >= 0.6 is 0 Å². The minimum atomic E-state index is -0.514. The van der Waals surface area contributed by atoms with Crippen LogP contribution in [0.5, 0.6) is 0 Å². The number of hydrogen-bond donors (Lipinski definition) is 1. The van der Waals surface area contributed by atoms with Crippen LogP contribution in [-0.4, -0.2) is 59.3 Å². The highest BCUT2D eigenvalue weighted by Gasteiger charge is 2.41. The van der Waals surface area contributed by atoms with E-state index in [-0.39, 0.29) is 24.3 Å². The van der Waals surface area contributed by atoms with E-state index in [4.69, 9.17) is 4.74 Å². The summed E-state index contributed by atoms with van der Waals surface area (Å²) in [5.41, 5.74) is 2.02. The van der Waals surface area contributed by atoms with Crippen molar-refractivity contribution in [1.82, 2.24) is 15.1 Å². The molecule has 1 N–H and O–H groups in total. The number of carbonyl (C=O) groups excluding carboxylic acids is 3. The number of carbonyl (C=O) groups is 3. The van der Waals surface area contributed by atoms with Crippen molar-refractivity contribution in [3.05, 3.63) is 71.8 Å². The standard InChI is InChI=1S/C26H31N3O4/c30-24(19-33-18-21-11-5-2-6-12-21)22-13-7-15-28(22)25(31)23-14-8-16-29(23)26(32)27-17-20-9-3-1-4-10-20/h1-6,9-12,22-23H,7-8,13-19H2,(H,27,32)/t22-,23+/m0/s1. The number of likely N-dealkylation sites (tertiary alicyclic amines) is 2. The average molecular weight is 450 g/mol. The zero-order valence-corrected chi connectivity index (χ0v) is 18.8. The highest BCUT2D eigenvalue weighted by atomic mass is 16.5. The lowest BCUT2D eigenvalue weighted by Crippen LogP contribution is -2.53. The molecule has 2 saturated heterocycles. The molecule has 174 valence electrons. The molecular formula is C26H31N3O4. The van der Waals surface area contributed by atoms with Gasteiger partial charge in [0.05, 0.1) is 12.6 Å². The van der Waals surface area contributed by atoms with E-state index in [1.807, 2.05) is 60.7 Å². The fourth-order valence-electron chi connectivity index (χ4n) is 4.64. The molecular weight excluding hydrogens is 418 g/mol. The van der Waals surface area contributed by atoms with Gasteiger partial charge in [-0.15, -0.1) is 0 Å². The van der Waals surface area contributed by atoms with E-state index in [0.29, 0.717) is 39.1 Å². The summed E-state index contributed by atoms with van der Waals surface area (Å²) in [6, 6.07) is 18.2. The van der Waals surface area contributed by atoms with Crippen molar-refractivity contribution in [2.45, 2.75) is 50.9 Å². The van der Waals surface area contributed by atoms with Crippen LogP contribution in [0, 0.1) is 0 Å². The second-order valence-corrected chi connectivity index (χ2v) is 8.63. The zero-order chi connectivity index (χ0) is 23.0. The van der Waals surface area contributed by atoms with Crippen LogP contribution in [-0.2, 0) is 27.5 Å². The van der Waals surface area contributed by atoms with E-state index in [2.05, 4.69) is 5.32 Å². The van der Waals surface area contributed by atoms with Crippen molar-refractivity contribution in [3.8, 4) is 0 Å². The molecule has 7 heteroatoms. The zero-order valence-electron chi connectivity index (χ0n) is 18.8. The maximum absolute atomic E-state index is 13.4. The number of ketones is 1. The first kappa shape index (κ1) is 23.0. The molecule has 7 nitrogen and oxygen atoms in total. The topological polar surface area (TPSA) is 79.0 Å². The fourth-order valence-corrected chi connectivity index (χ4v) is 4.64. The van der Waals surface area contributed by atoms with E-state index >= 15 is 0 Å². The number of benzene rings is 2. The number of nitrogens with one attached hydrogen (secondary N) is 1. The van der Waals surface area contributed by atoms with Crippen LogP contribution in [0.2, 0.25) is 0 Å². The van der Waals surface area contributed by atoms with Gasteiger partial charge in [0, 0.05) is 19.6 Å². The third-order valence-electron chi connectivity index (χ3n) is 6.35. The molecule has 0 aliphatic carbocycles. The summed E-state index contributed by atoms with van der Waals surface area (Å²) >= 11 is 0. The van der Waals surface area contributed by atoms with E-state index in [9.17, 15) is 14.4 Å². The summed E-state index contributed by atoms with van der Waals surface area (Å²) in [5, 5.41) is 2.92. The first-order valence-corrected chi connectivity index (χ1v) is 11.7.